The van der Waals surface area contributed by atoms with Crippen molar-refractivity contribution in [1.82, 2.24) is 9.97 Å². The smallest absolute Gasteiger partial charge is 0.223 e. The number of nitrogens with two attached hydrogens (primary N) is 2. The molecule has 0 aromatic carbocycles. The lowest BCUT2D eigenvalue weighted by atomic mass is 9.98. The summed E-state index contributed by atoms with van der Waals surface area (Å²) in [5, 5.41) is 3.18. The third kappa shape index (κ3) is 1.37. The van der Waals surface area contributed by atoms with E-state index in [4.69, 9.17) is 11.5 Å². The van der Waals surface area contributed by atoms with Crippen LogP contribution in [0.5, 0.6) is 0 Å². The Morgan fingerprint density at radius 2 is 2.15 bits per heavy atom. The monoisotopic (exact) mass is 179 g/mol. The molecule has 1 aromatic heterocycles. The molecule has 5 heteroatoms. The van der Waals surface area contributed by atoms with Gasteiger partial charge in [0.05, 0.1) is 0 Å². The number of rotatable bonds is 0. The molecule has 0 saturated carbocycles. The summed E-state index contributed by atoms with van der Waals surface area (Å²) in [6.45, 7) is 3.08. The summed E-state index contributed by atoms with van der Waals surface area (Å²) in [4.78, 5) is 8.01. The number of fused-ring (bicyclic) bond motifs is 1. The van der Waals surface area contributed by atoms with Crippen LogP contribution in [0.4, 0.5) is 17.6 Å². The van der Waals surface area contributed by atoms with E-state index in [0.717, 1.165) is 24.3 Å². The van der Waals surface area contributed by atoms with E-state index in [9.17, 15) is 0 Å². The number of anilines is 3. The summed E-state index contributed by atoms with van der Waals surface area (Å²) in [7, 11) is 0. The van der Waals surface area contributed by atoms with Crippen molar-refractivity contribution in [3.05, 3.63) is 5.56 Å². The first-order valence-electron chi connectivity index (χ1n) is 4.32. The minimum Gasteiger partial charge on any atom is -0.383 e. The highest BCUT2D eigenvalue weighted by Gasteiger charge is 2.19. The second-order valence-electron chi connectivity index (χ2n) is 3.48. The maximum atomic E-state index is 5.73. The van der Waals surface area contributed by atoms with Gasteiger partial charge in [0.1, 0.15) is 11.6 Å². The van der Waals surface area contributed by atoms with Crippen molar-refractivity contribution in [3.63, 3.8) is 0 Å². The normalized spacial score (nSPS) is 20.5. The maximum Gasteiger partial charge on any atom is 0.223 e. The molecule has 1 aromatic rings. The van der Waals surface area contributed by atoms with Crippen molar-refractivity contribution >= 4 is 17.6 Å². The Labute approximate surface area is 76.6 Å². The fraction of sp³-hybridized carbons (Fsp3) is 0.500. The van der Waals surface area contributed by atoms with Gasteiger partial charge < -0.3 is 16.8 Å². The molecule has 1 aliphatic heterocycles. The second-order valence-corrected chi connectivity index (χ2v) is 3.48. The minimum absolute atomic E-state index is 0.235. The van der Waals surface area contributed by atoms with Crippen molar-refractivity contribution in [1.29, 1.82) is 0 Å². The molecule has 2 heterocycles. The number of nitrogens with one attached hydrogen (secondary N) is 1. The molecular weight excluding hydrogens is 166 g/mol. The molecule has 0 aliphatic carbocycles. The summed E-state index contributed by atoms with van der Waals surface area (Å²) in [6.07, 6.45) is 0.925. The molecule has 13 heavy (non-hydrogen) atoms. The highest BCUT2D eigenvalue weighted by atomic mass is 15.1. The van der Waals surface area contributed by atoms with E-state index in [2.05, 4.69) is 22.2 Å². The van der Waals surface area contributed by atoms with E-state index in [1.807, 2.05) is 0 Å². The Hall–Kier alpha value is -1.52. The molecular formula is C8H13N5. The number of nitrogens with zero attached hydrogens (tertiary/aromatic N) is 2. The average Bonchev–Trinajstić information content (AvgIpc) is 2.06. The number of aromatic nitrogens is 2. The van der Waals surface area contributed by atoms with Gasteiger partial charge in [-0.2, -0.15) is 9.97 Å². The summed E-state index contributed by atoms with van der Waals surface area (Å²) < 4.78 is 0. The van der Waals surface area contributed by atoms with Gasteiger partial charge in [-0.1, -0.05) is 6.92 Å². The van der Waals surface area contributed by atoms with Gasteiger partial charge in [0.25, 0.3) is 0 Å². The van der Waals surface area contributed by atoms with Crippen LogP contribution in [-0.4, -0.2) is 16.5 Å². The third-order valence-corrected chi connectivity index (χ3v) is 2.23. The molecule has 0 spiro atoms. The molecule has 1 atom stereocenters. The van der Waals surface area contributed by atoms with Crippen molar-refractivity contribution in [3.8, 4) is 0 Å². The number of nitrogen functional groups attached to an aromatic ring is 2. The van der Waals surface area contributed by atoms with Crippen molar-refractivity contribution in [2.75, 3.05) is 23.3 Å². The zero-order chi connectivity index (χ0) is 9.42. The highest BCUT2D eigenvalue weighted by molar-refractivity contribution is 5.59. The highest BCUT2D eigenvalue weighted by Crippen LogP contribution is 2.26. The molecule has 1 aliphatic rings. The Morgan fingerprint density at radius 1 is 1.38 bits per heavy atom. The molecule has 5 nitrogen and oxygen atoms in total. The topological polar surface area (TPSA) is 89.8 Å². The number of hydrogen-bond acceptors (Lipinski definition) is 5. The van der Waals surface area contributed by atoms with E-state index < -0.39 is 0 Å². The molecule has 0 saturated heterocycles. The molecule has 5 N–H and O–H groups in total. The maximum absolute atomic E-state index is 5.73. The Bertz CT molecular complexity index is 336. The van der Waals surface area contributed by atoms with Crippen molar-refractivity contribution < 1.29 is 0 Å². The van der Waals surface area contributed by atoms with Crippen LogP contribution in [0.1, 0.15) is 12.5 Å². The van der Waals surface area contributed by atoms with Crippen LogP contribution in [0.25, 0.3) is 0 Å². The molecule has 0 amide bonds. The van der Waals surface area contributed by atoms with Gasteiger partial charge in [0.15, 0.2) is 0 Å². The minimum atomic E-state index is 0.235. The first-order chi connectivity index (χ1) is 6.16. The first kappa shape index (κ1) is 8.10. The van der Waals surface area contributed by atoms with Crippen molar-refractivity contribution in [2.45, 2.75) is 13.3 Å². The summed E-state index contributed by atoms with van der Waals surface area (Å²) in [5.74, 6) is 2.10. The van der Waals surface area contributed by atoms with Gasteiger partial charge in [-0.3, -0.25) is 0 Å². The quantitative estimate of drug-likeness (QED) is 0.531. The molecule has 0 radical (unpaired) electrons. The molecule has 70 valence electrons. The Morgan fingerprint density at radius 3 is 2.92 bits per heavy atom. The molecule has 2 rings (SSSR count). The van der Waals surface area contributed by atoms with Gasteiger partial charge >= 0.3 is 0 Å². The molecule has 1 unspecified atom stereocenters. The zero-order valence-corrected chi connectivity index (χ0v) is 7.54. The Kier molecular flexibility index (Phi) is 1.72. The van der Waals surface area contributed by atoms with Gasteiger partial charge in [-0.05, 0) is 12.3 Å². The lowest BCUT2D eigenvalue weighted by Gasteiger charge is -2.23. The van der Waals surface area contributed by atoms with Crippen LogP contribution in [0.2, 0.25) is 0 Å². The summed E-state index contributed by atoms with van der Waals surface area (Å²) in [5.41, 5.74) is 12.2. The van der Waals surface area contributed by atoms with Crippen molar-refractivity contribution in [2.24, 2.45) is 5.92 Å². The van der Waals surface area contributed by atoms with Crippen LogP contribution >= 0.6 is 0 Å². The van der Waals surface area contributed by atoms with Gasteiger partial charge in [0.2, 0.25) is 5.95 Å². The number of hydrogen-bond donors (Lipinski definition) is 3. The largest absolute Gasteiger partial charge is 0.383 e. The Balaban J connectivity index is 2.47. The van der Waals surface area contributed by atoms with E-state index in [-0.39, 0.29) is 5.95 Å². The molecule has 0 fully saturated rings. The van der Waals surface area contributed by atoms with E-state index in [1.165, 1.54) is 0 Å². The predicted octanol–water partition coefficient (Wildman–Crippen LogP) is 0.245. The molecule has 0 bridgehead atoms. The first-order valence-corrected chi connectivity index (χ1v) is 4.32. The van der Waals surface area contributed by atoms with Crippen LogP contribution in [0, 0.1) is 5.92 Å². The lowest BCUT2D eigenvalue weighted by Crippen LogP contribution is -2.23. The summed E-state index contributed by atoms with van der Waals surface area (Å²) >= 11 is 0. The summed E-state index contributed by atoms with van der Waals surface area (Å²) in [6, 6.07) is 0. The van der Waals surface area contributed by atoms with E-state index in [1.54, 1.807) is 0 Å². The fourth-order valence-corrected chi connectivity index (χ4v) is 1.56. The predicted molar refractivity (Wildman–Crippen MR) is 52.2 cm³/mol. The van der Waals surface area contributed by atoms with Crippen LogP contribution in [0.3, 0.4) is 0 Å². The standard InChI is InChI=1S/C8H13N5/c1-4-2-5-6(9)12-8(10)13-7(5)11-3-4/h4H,2-3H2,1H3,(H5,9,10,11,12,13). The average molecular weight is 179 g/mol. The lowest BCUT2D eigenvalue weighted by molar-refractivity contribution is 0.590. The fourth-order valence-electron chi connectivity index (χ4n) is 1.56. The SMILES string of the molecule is CC1CNc2nc(N)nc(N)c2C1. The van der Waals surface area contributed by atoms with Gasteiger partial charge in [0, 0.05) is 12.1 Å². The second kappa shape index (κ2) is 2.76. The van der Waals surface area contributed by atoms with Crippen LogP contribution in [-0.2, 0) is 6.42 Å². The third-order valence-electron chi connectivity index (χ3n) is 2.23. The van der Waals surface area contributed by atoms with E-state index >= 15 is 0 Å². The van der Waals surface area contributed by atoms with Gasteiger partial charge in [-0.15, -0.1) is 0 Å². The van der Waals surface area contributed by atoms with E-state index in [0.29, 0.717) is 11.7 Å². The van der Waals surface area contributed by atoms with Crippen LogP contribution in [0.15, 0.2) is 0 Å². The zero-order valence-electron chi connectivity index (χ0n) is 7.54. The van der Waals surface area contributed by atoms with Crippen LogP contribution < -0.4 is 16.8 Å². The van der Waals surface area contributed by atoms with Gasteiger partial charge in [-0.25, -0.2) is 0 Å².